The number of aliphatic carboxylic acids is 1. The fourth-order valence-corrected chi connectivity index (χ4v) is 9.91. The third kappa shape index (κ3) is 45.0. The number of hydrogen-bond donors (Lipinski definition) is 3. The molecule has 12 heteroatoms. The summed E-state index contributed by atoms with van der Waals surface area (Å²) in [6.45, 7) is 5.90. The molecule has 0 amide bonds. The van der Waals surface area contributed by atoms with Gasteiger partial charge in [-0.15, -0.1) is 0 Å². The molecule has 1 heterocycles. The summed E-state index contributed by atoms with van der Waals surface area (Å²) in [5.41, 5.74) is 0. The standard InChI is InChI=1S/C67H118O12/c1-4-7-10-13-16-19-22-25-28-29-30-31-34-35-38-41-44-47-50-53-59(68)75-56-58(77-60(69)54-51-48-45-42-39-36-32-26-23-20-17-14-11-8-5-2)57-76-67-65(63(72)62(71)64(79-67)66(73)74)78-61(70)55-52-49-46-43-40-37-33-27-24-21-18-15-12-9-6-3/h8,11,17,20,26-27,32-33,58,62-65,67,71-72H,4-7,9-10,12-16,18-19,21-25,28-31,34-57H2,1-3H3,(H,73,74)/b11-8-,20-17-,32-26-,33-27-. The van der Waals surface area contributed by atoms with Gasteiger partial charge in [-0.1, -0.05) is 256 Å². The number of carbonyl (C=O) groups excluding carboxylic acids is 3. The van der Waals surface area contributed by atoms with E-state index in [1.165, 1.54) is 135 Å². The summed E-state index contributed by atoms with van der Waals surface area (Å²) in [6.07, 6.45) is 55.0. The Labute approximate surface area is 482 Å². The topological polar surface area (TPSA) is 175 Å². The molecule has 458 valence electrons. The van der Waals surface area contributed by atoms with Gasteiger partial charge >= 0.3 is 23.9 Å². The molecule has 6 atom stereocenters. The van der Waals surface area contributed by atoms with Crippen molar-refractivity contribution in [2.75, 3.05) is 13.2 Å². The lowest BCUT2D eigenvalue weighted by atomic mass is 9.98. The molecule has 1 fully saturated rings. The Balaban J connectivity index is 2.65. The van der Waals surface area contributed by atoms with Crippen molar-refractivity contribution < 1.29 is 58.2 Å². The minimum Gasteiger partial charge on any atom is -0.479 e. The van der Waals surface area contributed by atoms with Gasteiger partial charge in [-0.2, -0.15) is 0 Å². The van der Waals surface area contributed by atoms with Crippen LogP contribution in [0.1, 0.15) is 303 Å². The zero-order valence-electron chi connectivity index (χ0n) is 50.6. The van der Waals surface area contributed by atoms with Gasteiger partial charge in [-0.25, -0.2) is 4.79 Å². The first kappa shape index (κ1) is 73.7. The van der Waals surface area contributed by atoms with Crippen LogP contribution in [0.5, 0.6) is 0 Å². The lowest BCUT2D eigenvalue weighted by Gasteiger charge is -2.40. The van der Waals surface area contributed by atoms with E-state index >= 15 is 0 Å². The highest BCUT2D eigenvalue weighted by molar-refractivity contribution is 5.74. The number of hydrogen-bond acceptors (Lipinski definition) is 11. The third-order valence-corrected chi connectivity index (χ3v) is 14.9. The summed E-state index contributed by atoms with van der Waals surface area (Å²) in [5, 5.41) is 31.6. The van der Waals surface area contributed by atoms with E-state index in [1.54, 1.807) is 0 Å². The highest BCUT2D eigenvalue weighted by atomic mass is 16.7. The third-order valence-electron chi connectivity index (χ3n) is 14.9. The minimum absolute atomic E-state index is 0.0503. The van der Waals surface area contributed by atoms with Gasteiger partial charge < -0.3 is 39.0 Å². The number of carbonyl (C=O) groups is 4. The van der Waals surface area contributed by atoms with Crippen LogP contribution in [0.4, 0.5) is 0 Å². The fraction of sp³-hybridized carbons (Fsp3) is 0.821. The Hall–Kier alpha value is -3.32. The van der Waals surface area contributed by atoms with E-state index in [2.05, 4.69) is 69.4 Å². The average Bonchev–Trinajstić information content (AvgIpc) is 3.46. The maximum atomic E-state index is 13.2. The molecule has 1 saturated heterocycles. The molecule has 3 N–H and O–H groups in total. The summed E-state index contributed by atoms with van der Waals surface area (Å²) in [4.78, 5) is 51.3. The minimum atomic E-state index is -1.91. The van der Waals surface area contributed by atoms with Crippen molar-refractivity contribution in [1.29, 1.82) is 0 Å². The molecule has 0 aromatic heterocycles. The van der Waals surface area contributed by atoms with Gasteiger partial charge in [0.05, 0.1) is 6.61 Å². The summed E-state index contributed by atoms with van der Waals surface area (Å²) in [7, 11) is 0. The molecule has 1 aliphatic rings. The molecule has 1 rings (SSSR count). The van der Waals surface area contributed by atoms with Crippen LogP contribution in [0, 0.1) is 0 Å². The van der Waals surface area contributed by atoms with Crippen LogP contribution in [0.3, 0.4) is 0 Å². The number of aliphatic hydroxyl groups excluding tert-OH is 2. The van der Waals surface area contributed by atoms with Crippen molar-refractivity contribution in [3.8, 4) is 0 Å². The first-order valence-electron chi connectivity index (χ1n) is 32.6. The van der Waals surface area contributed by atoms with E-state index in [4.69, 9.17) is 23.7 Å². The number of aliphatic hydroxyl groups is 2. The smallest absolute Gasteiger partial charge is 0.335 e. The number of esters is 3. The van der Waals surface area contributed by atoms with Gasteiger partial charge in [0, 0.05) is 19.3 Å². The molecule has 0 spiro atoms. The normalized spacial score (nSPS) is 18.1. The lowest BCUT2D eigenvalue weighted by molar-refractivity contribution is -0.301. The van der Waals surface area contributed by atoms with Crippen molar-refractivity contribution in [3.05, 3.63) is 48.6 Å². The van der Waals surface area contributed by atoms with E-state index in [0.29, 0.717) is 19.3 Å². The van der Waals surface area contributed by atoms with Gasteiger partial charge in [-0.3, -0.25) is 14.4 Å². The summed E-state index contributed by atoms with van der Waals surface area (Å²) in [5.74, 6) is -3.13. The van der Waals surface area contributed by atoms with Gasteiger partial charge in [0.2, 0.25) is 0 Å². The molecule has 12 nitrogen and oxygen atoms in total. The van der Waals surface area contributed by atoms with Crippen LogP contribution < -0.4 is 0 Å². The number of rotatable bonds is 56. The van der Waals surface area contributed by atoms with Gasteiger partial charge in [0.1, 0.15) is 18.8 Å². The first-order valence-corrected chi connectivity index (χ1v) is 32.6. The predicted molar refractivity (Wildman–Crippen MR) is 322 cm³/mol. The number of unbranched alkanes of at least 4 members (excludes halogenated alkanes) is 34. The van der Waals surface area contributed by atoms with Crippen LogP contribution >= 0.6 is 0 Å². The van der Waals surface area contributed by atoms with Crippen molar-refractivity contribution in [3.63, 3.8) is 0 Å². The Morgan fingerprint density at radius 1 is 0.430 bits per heavy atom. The molecule has 0 aliphatic carbocycles. The van der Waals surface area contributed by atoms with Gasteiger partial charge in [0.25, 0.3) is 0 Å². The average molecular weight is 1120 g/mol. The molecule has 79 heavy (non-hydrogen) atoms. The first-order chi connectivity index (χ1) is 38.6. The summed E-state index contributed by atoms with van der Waals surface area (Å²) in [6, 6.07) is 0. The van der Waals surface area contributed by atoms with Crippen LogP contribution in [0.15, 0.2) is 48.6 Å². The zero-order valence-corrected chi connectivity index (χ0v) is 50.6. The molecule has 0 saturated carbocycles. The SMILES string of the molecule is CC/C=C\C/C=C\C/C=C\CCCCCCCC(=O)OC(COC(=O)CCCCCCCCCCCCCCCCCCCCC)COC1OC(C(=O)O)C(O)C(O)C1OC(=O)CCCCCCC/C=C\CCCCCCCC. The molecule has 6 unspecified atom stereocenters. The summed E-state index contributed by atoms with van der Waals surface area (Å²) < 4.78 is 28.5. The zero-order chi connectivity index (χ0) is 57.5. The van der Waals surface area contributed by atoms with Crippen LogP contribution in [-0.2, 0) is 42.9 Å². The lowest BCUT2D eigenvalue weighted by Crippen LogP contribution is -2.61. The van der Waals surface area contributed by atoms with Crippen LogP contribution in [0.2, 0.25) is 0 Å². The second-order valence-corrected chi connectivity index (χ2v) is 22.4. The Bertz CT molecular complexity index is 1560. The Morgan fingerprint density at radius 3 is 1.23 bits per heavy atom. The number of ether oxygens (including phenoxy) is 5. The van der Waals surface area contributed by atoms with Crippen molar-refractivity contribution in [2.45, 2.75) is 340 Å². The van der Waals surface area contributed by atoms with Crippen LogP contribution in [0.25, 0.3) is 0 Å². The van der Waals surface area contributed by atoms with Gasteiger partial charge in [-0.05, 0) is 77.0 Å². The fourth-order valence-electron chi connectivity index (χ4n) is 9.91. The highest BCUT2D eigenvalue weighted by Crippen LogP contribution is 2.27. The molecule has 0 bridgehead atoms. The Kier molecular flexibility index (Phi) is 51.5. The van der Waals surface area contributed by atoms with Gasteiger partial charge in [0.15, 0.2) is 24.6 Å². The molecular formula is C67H118O12. The second-order valence-electron chi connectivity index (χ2n) is 22.4. The van der Waals surface area contributed by atoms with E-state index in [1.807, 2.05) is 0 Å². The quantitative estimate of drug-likeness (QED) is 0.0228. The number of carboxylic acid groups (broad SMARTS) is 1. The molecule has 0 radical (unpaired) electrons. The van der Waals surface area contributed by atoms with E-state index in [0.717, 1.165) is 109 Å². The predicted octanol–water partition coefficient (Wildman–Crippen LogP) is 17.3. The Morgan fingerprint density at radius 2 is 0.797 bits per heavy atom. The van der Waals surface area contributed by atoms with E-state index in [9.17, 15) is 34.5 Å². The van der Waals surface area contributed by atoms with E-state index < -0.39 is 67.3 Å². The van der Waals surface area contributed by atoms with E-state index in [-0.39, 0.29) is 25.9 Å². The monoisotopic (exact) mass is 1110 g/mol. The maximum absolute atomic E-state index is 13.2. The van der Waals surface area contributed by atoms with Crippen molar-refractivity contribution in [2.24, 2.45) is 0 Å². The largest absolute Gasteiger partial charge is 0.479 e. The maximum Gasteiger partial charge on any atom is 0.335 e. The molecule has 0 aromatic rings. The number of allylic oxidation sites excluding steroid dienone is 8. The molecular weight excluding hydrogens is 997 g/mol. The number of carboxylic acids is 1. The highest BCUT2D eigenvalue weighted by Gasteiger charge is 2.50. The second kappa shape index (κ2) is 55.2. The molecule has 1 aliphatic heterocycles. The van der Waals surface area contributed by atoms with Crippen molar-refractivity contribution in [1.82, 2.24) is 0 Å². The van der Waals surface area contributed by atoms with Crippen LogP contribution in [-0.4, -0.2) is 89.2 Å². The molecule has 0 aromatic carbocycles. The van der Waals surface area contributed by atoms with Crippen molar-refractivity contribution >= 4 is 23.9 Å². The summed E-state index contributed by atoms with van der Waals surface area (Å²) >= 11 is 0.